The molecule has 2 heterocycles. The summed E-state index contributed by atoms with van der Waals surface area (Å²) in [6.07, 6.45) is 6.10. The van der Waals surface area contributed by atoms with Crippen LogP contribution < -0.4 is 10.2 Å². The molecule has 0 unspecified atom stereocenters. The molecule has 0 atom stereocenters. The maximum absolute atomic E-state index is 12.4. The van der Waals surface area contributed by atoms with Crippen LogP contribution in [0.4, 0.5) is 11.6 Å². The number of hydrogen-bond donors (Lipinski definition) is 1. The number of aryl methyl sites for hydroxylation is 2. The third-order valence-corrected chi connectivity index (χ3v) is 5.98. The number of amides is 1. The van der Waals surface area contributed by atoms with Crippen LogP contribution in [0.3, 0.4) is 0 Å². The maximum atomic E-state index is 12.4. The van der Waals surface area contributed by atoms with Gasteiger partial charge in [-0.2, -0.15) is 0 Å². The Kier molecular flexibility index (Phi) is 5.38. The van der Waals surface area contributed by atoms with E-state index in [0.29, 0.717) is 11.8 Å². The van der Waals surface area contributed by atoms with Crippen molar-refractivity contribution in [3.8, 4) is 0 Å². The van der Waals surface area contributed by atoms with Gasteiger partial charge in [0.2, 0.25) is 11.9 Å². The number of nitrogens with one attached hydrogen (secondary N) is 1. The second kappa shape index (κ2) is 7.92. The molecule has 1 N–H and O–H groups in total. The van der Waals surface area contributed by atoms with Gasteiger partial charge in [-0.1, -0.05) is 17.8 Å². The Balaban J connectivity index is 1.42. The smallest absolute Gasteiger partial charge is 0.234 e. The summed E-state index contributed by atoms with van der Waals surface area (Å²) in [6.45, 7) is 6.20. The van der Waals surface area contributed by atoms with Crippen molar-refractivity contribution in [2.24, 2.45) is 0 Å². The minimum Gasteiger partial charge on any atom is -0.341 e. The van der Waals surface area contributed by atoms with Crippen molar-refractivity contribution in [3.63, 3.8) is 0 Å². The van der Waals surface area contributed by atoms with E-state index in [0.717, 1.165) is 41.0 Å². The van der Waals surface area contributed by atoms with Crippen molar-refractivity contribution in [1.29, 1.82) is 0 Å². The number of carbonyl (C=O) groups is 1. The summed E-state index contributed by atoms with van der Waals surface area (Å²) >= 11 is 1.49. The zero-order chi connectivity index (χ0) is 18.8. The van der Waals surface area contributed by atoms with E-state index in [1.165, 1.54) is 43.9 Å². The van der Waals surface area contributed by atoms with E-state index >= 15 is 0 Å². The van der Waals surface area contributed by atoms with E-state index in [-0.39, 0.29) is 5.91 Å². The highest BCUT2D eigenvalue weighted by Crippen LogP contribution is 2.41. The highest BCUT2D eigenvalue weighted by Gasteiger charge is 2.32. The van der Waals surface area contributed by atoms with E-state index in [9.17, 15) is 4.79 Å². The third-order valence-electron chi connectivity index (χ3n) is 5.04. The third kappa shape index (κ3) is 4.46. The standard InChI is InChI=1S/C20H27N5OS/c1-14-10-15(2)12-16(11-14)21-18(26)13-27-20-23-22-19(25(20)17-6-7-17)24-8-4-3-5-9-24/h10-12,17H,3-9,13H2,1-2H3,(H,21,26). The number of aromatic nitrogens is 3. The number of hydrogen-bond acceptors (Lipinski definition) is 5. The average molecular weight is 386 g/mol. The van der Waals surface area contributed by atoms with Gasteiger partial charge in [0.15, 0.2) is 5.16 Å². The fourth-order valence-electron chi connectivity index (χ4n) is 3.70. The van der Waals surface area contributed by atoms with Crippen molar-refractivity contribution in [3.05, 3.63) is 29.3 Å². The van der Waals surface area contributed by atoms with Gasteiger partial charge in [-0.3, -0.25) is 9.36 Å². The number of benzene rings is 1. The van der Waals surface area contributed by atoms with Gasteiger partial charge < -0.3 is 10.2 Å². The van der Waals surface area contributed by atoms with Gasteiger partial charge >= 0.3 is 0 Å². The predicted octanol–water partition coefficient (Wildman–Crippen LogP) is 3.95. The van der Waals surface area contributed by atoms with Crippen LogP contribution in [0.2, 0.25) is 0 Å². The summed E-state index contributed by atoms with van der Waals surface area (Å²) in [5.74, 6) is 1.34. The van der Waals surface area contributed by atoms with Crippen molar-refractivity contribution < 1.29 is 4.79 Å². The fraction of sp³-hybridized carbons (Fsp3) is 0.550. The van der Waals surface area contributed by atoms with Crippen molar-refractivity contribution in [2.75, 3.05) is 29.1 Å². The van der Waals surface area contributed by atoms with Gasteiger partial charge in [-0.05, 0) is 69.2 Å². The average Bonchev–Trinajstić information content (AvgIpc) is 3.39. The molecular formula is C20H27N5OS. The molecule has 0 bridgehead atoms. The minimum absolute atomic E-state index is 0.00475. The second-order valence-corrected chi connectivity index (χ2v) is 8.59. The van der Waals surface area contributed by atoms with Gasteiger partial charge in [0.05, 0.1) is 5.75 Å². The van der Waals surface area contributed by atoms with Crippen LogP contribution in [0.1, 0.15) is 49.3 Å². The normalized spacial score (nSPS) is 17.2. The lowest BCUT2D eigenvalue weighted by molar-refractivity contribution is -0.113. The van der Waals surface area contributed by atoms with Gasteiger partial charge in [0.25, 0.3) is 0 Å². The Hall–Kier alpha value is -2.02. The first-order chi connectivity index (χ1) is 13.1. The van der Waals surface area contributed by atoms with Crippen molar-refractivity contribution in [2.45, 2.75) is 57.1 Å². The topological polar surface area (TPSA) is 63.1 Å². The Labute approximate surface area is 164 Å². The zero-order valence-electron chi connectivity index (χ0n) is 16.1. The zero-order valence-corrected chi connectivity index (χ0v) is 16.9. The van der Waals surface area contributed by atoms with E-state index < -0.39 is 0 Å². The van der Waals surface area contributed by atoms with E-state index in [1.807, 2.05) is 26.0 Å². The van der Waals surface area contributed by atoms with Crippen molar-refractivity contribution in [1.82, 2.24) is 14.8 Å². The molecule has 1 saturated heterocycles. The SMILES string of the molecule is Cc1cc(C)cc(NC(=O)CSc2nnc(N3CCCCC3)n2C2CC2)c1. The summed E-state index contributed by atoms with van der Waals surface area (Å²) in [7, 11) is 0. The summed E-state index contributed by atoms with van der Waals surface area (Å²) in [5.41, 5.74) is 3.16. The summed E-state index contributed by atoms with van der Waals surface area (Å²) in [6, 6.07) is 6.60. The Morgan fingerprint density at radius 1 is 1.11 bits per heavy atom. The van der Waals surface area contributed by atoms with Crippen LogP contribution in [-0.2, 0) is 4.79 Å². The summed E-state index contributed by atoms with van der Waals surface area (Å²) in [5, 5.41) is 12.8. The minimum atomic E-state index is -0.00475. The maximum Gasteiger partial charge on any atom is 0.234 e. The molecular weight excluding hydrogens is 358 g/mol. The molecule has 2 fully saturated rings. The van der Waals surface area contributed by atoms with Crippen LogP contribution in [-0.4, -0.2) is 39.5 Å². The van der Waals surface area contributed by atoms with Gasteiger partial charge in [0.1, 0.15) is 0 Å². The lowest BCUT2D eigenvalue weighted by Crippen LogP contribution is -2.32. The molecule has 1 saturated carbocycles. The van der Waals surface area contributed by atoms with Crippen LogP contribution in [0.25, 0.3) is 0 Å². The van der Waals surface area contributed by atoms with E-state index in [1.54, 1.807) is 0 Å². The summed E-state index contributed by atoms with van der Waals surface area (Å²) in [4.78, 5) is 14.8. The largest absolute Gasteiger partial charge is 0.341 e. The molecule has 1 amide bonds. The Bertz CT molecular complexity index is 804. The Morgan fingerprint density at radius 3 is 2.48 bits per heavy atom. The predicted molar refractivity (Wildman–Crippen MR) is 110 cm³/mol. The molecule has 0 spiro atoms. The molecule has 4 rings (SSSR count). The quantitative estimate of drug-likeness (QED) is 0.763. The van der Waals surface area contributed by atoms with Crippen LogP contribution >= 0.6 is 11.8 Å². The number of thioether (sulfide) groups is 1. The fourth-order valence-corrected chi connectivity index (χ4v) is 4.50. The number of piperidine rings is 1. The highest BCUT2D eigenvalue weighted by atomic mass is 32.2. The van der Waals surface area contributed by atoms with Crippen LogP contribution in [0.5, 0.6) is 0 Å². The molecule has 1 aromatic heterocycles. The molecule has 27 heavy (non-hydrogen) atoms. The molecule has 144 valence electrons. The number of nitrogens with zero attached hydrogens (tertiary/aromatic N) is 4. The number of anilines is 2. The highest BCUT2D eigenvalue weighted by molar-refractivity contribution is 7.99. The molecule has 2 aliphatic rings. The van der Waals surface area contributed by atoms with Gasteiger partial charge in [0, 0.05) is 24.8 Å². The van der Waals surface area contributed by atoms with Gasteiger partial charge in [-0.15, -0.1) is 10.2 Å². The molecule has 1 aromatic carbocycles. The monoisotopic (exact) mass is 385 g/mol. The first-order valence-electron chi connectivity index (χ1n) is 9.81. The number of carbonyl (C=O) groups excluding carboxylic acids is 1. The molecule has 2 aromatic rings. The second-order valence-electron chi connectivity index (χ2n) is 7.64. The molecule has 1 aliphatic carbocycles. The van der Waals surface area contributed by atoms with Crippen molar-refractivity contribution >= 4 is 29.3 Å². The molecule has 0 radical (unpaired) electrons. The molecule has 1 aliphatic heterocycles. The van der Waals surface area contributed by atoms with Crippen LogP contribution in [0.15, 0.2) is 23.4 Å². The first kappa shape index (κ1) is 18.3. The number of rotatable bonds is 6. The Morgan fingerprint density at radius 2 is 1.81 bits per heavy atom. The molecule has 7 heteroatoms. The van der Waals surface area contributed by atoms with Gasteiger partial charge in [-0.25, -0.2) is 0 Å². The lowest BCUT2D eigenvalue weighted by Gasteiger charge is -2.27. The molecule has 6 nitrogen and oxygen atoms in total. The lowest BCUT2D eigenvalue weighted by atomic mass is 10.1. The summed E-state index contributed by atoms with van der Waals surface area (Å²) < 4.78 is 2.26. The first-order valence-corrected chi connectivity index (χ1v) is 10.8. The van der Waals surface area contributed by atoms with E-state index in [2.05, 4.69) is 31.0 Å². The van der Waals surface area contributed by atoms with E-state index in [4.69, 9.17) is 0 Å². The van der Waals surface area contributed by atoms with Crippen LogP contribution in [0, 0.1) is 13.8 Å².